The average molecular weight is 225 g/mol. The number of benzene rings is 1. The number of carbonyl (C=O) groups is 1. The molecule has 0 radical (unpaired) electrons. The topological polar surface area (TPSA) is 69.6 Å². The van der Waals surface area contributed by atoms with Crippen molar-refractivity contribution in [3.8, 4) is 0 Å². The Hall–Kier alpha value is -1.62. The number of hydrogen-bond acceptors (Lipinski definition) is 2. The van der Waals surface area contributed by atoms with Crippen LogP contribution in [0.5, 0.6) is 0 Å². The van der Waals surface area contributed by atoms with Crippen LogP contribution < -0.4 is 5.32 Å². The van der Waals surface area contributed by atoms with Gasteiger partial charge in [-0.1, -0.05) is 12.1 Å². The van der Waals surface area contributed by atoms with E-state index >= 15 is 0 Å². The Morgan fingerprint density at radius 2 is 2.25 bits per heavy atom. The van der Waals surface area contributed by atoms with E-state index in [0.717, 1.165) is 5.56 Å². The van der Waals surface area contributed by atoms with E-state index in [2.05, 4.69) is 5.32 Å². The molecular weight excluding hydrogens is 213 g/mol. The maximum atomic E-state index is 13.5. The van der Waals surface area contributed by atoms with Gasteiger partial charge >= 0.3 is 6.09 Å². The molecule has 86 valence electrons. The lowest BCUT2D eigenvalue weighted by Gasteiger charge is -2.30. The van der Waals surface area contributed by atoms with E-state index in [0.29, 0.717) is 12.8 Å². The smallest absolute Gasteiger partial charge is 0.404 e. The molecule has 0 spiro atoms. The van der Waals surface area contributed by atoms with Gasteiger partial charge in [0.25, 0.3) is 0 Å². The maximum Gasteiger partial charge on any atom is 0.404 e. The predicted molar refractivity (Wildman–Crippen MR) is 54.6 cm³/mol. The zero-order chi connectivity index (χ0) is 11.7. The van der Waals surface area contributed by atoms with Crippen molar-refractivity contribution in [2.24, 2.45) is 0 Å². The Morgan fingerprint density at radius 3 is 2.94 bits per heavy atom. The molecule has 1 amide bonds. The van der Waals surface area contributed by atoms with Crippen molar-refractivity contribution in [1.82, 2.24) is 5.32 Å². The third-order valence-corrected chi connectivity index (χ3v) is 2.85. The van der Waals surface area contributed by atoms with Crippen LogP contribution in [0.25, 0.3) is 0 Å². The normalized spacial score (nSPS) is 23.6. The van der Waals surface area contributed by atoms with Gasteiger partial charge in [-0.05, 0) is 24.5 Å². The summed E-state index contributed by atoms with van der Waals surface area (Å²) >= 11 is 0. The van der Waals surface area contributed by atoms with E-state index in [1.54, 1.807) is 12.1 Å². The second-order valence-corrected chi connectivity index (χ2v) is 3.85. The van der Waals surface area contributed by atoms with E-state index in [4.69, 9.17) is 5.11 Å². The van der Waals surface area contributed by atoms with Crippen LogP contribution in [0.15, 0.2) is 18.2 Å². The van der Waals surface area contributed by atoms with Crippen molar-refractivity contribution in [2.75, 3.05) is 0 Å². The van der Waals surface area contributed by atoms with Crippen molar-refractivity contribution in [3.05, 3.63) is 35.1 Å². The van der Waals surface area contributed by atoms with Gasteiger partial charge in [0.15, 0.2) is 0 Å². The van der Waals surface area contributed by atoms with Gasteiger partial charge in [-0.2, -0.15) is 0 Å². The van der Waals surface area contributed by atoms with E-state index in [-0.39, 0.29) is 5.56 Å². The summed E-state index contributed by atoms with van der Waals surface area (Å²) in [6.45, 7) is 0. The zero-order valence-corrected chi connectivity index (χ0v) is 8.48. The molecule has 0 heterocycles. The van der Waals surface area contributed by atoms with Crippen molar-refractivity contribution < 1.29 is 19.4 Å². The highest BCUT2D eigenvalue weighted by molar-refractivity contribution is 5.65. The third kappa shape index (κ3) is 1.86. The standard InChI is InChI=1S/C11H12FNO3/c12-7-3-1-2-6-4-5-8(13-11(15)16)10(14)9(6)7/h1-3,8,10,13-14H,4-5H2,(H,15,16)/t8-,10-/m1/s1. The summed E-state index contributed by atoms with van der Waals surface area (Å²) in [6, 6.07) is 3.97. The summed E-state index contributed by atoms with van der Waals surface area (Å²) in [5.41, 5.74) is 0.962. The number of hydrogen-bond donors (Lipinski definition) is 3. The summed E-state index contributed by atoms with van der Waals surface area (Å²) in [6.07, 6.45) is -1.27. The Bertz CT molecular complexity index is 422. The first-order valence-corrected chi connectivity index (χ1v) is 5.04. The minimum atomic E-state index is -1.20. The molecule has 0 unspecified atom stereocenters. The number of amides is 1. The largest absolute Gasteiger partial charge is 0.465 e. The molecule has 5 heteroatoms. The lowest BCUT2D eigenvalue weighted by molar-refractivity contribution is 0.105. The zero-order valence-electron chi connectivity index (χ0n) is 8.48. The molecule has 1 aliphatic rings. The van der Waals surface area contributed by atoms with Gasteiger partial charge in [-0.15, -0.1) is 0 Å². The van der Waals surface area contributed by atoms with Gasteiger partial charge in [0, 0.05) is 5.56 Å². The molecule has 2 atom stereocenters. The molecule has 0 saturated heterocycles. The van der Waals surface area contributed by atoms with Crippen LogP contribution in [-0.2, 0) is 6.42 Å². The van der Waals surface area contributed by atoms with E-state index < -0.39 is 24.1 Å². The number of aliphatic hydroxyl groups is 1. The third-order valence-electron chi connectivity index (χ3n) is 2.85. The Balaban J connectivity index is 2.30. The van der Waals surface area contributed by atoms with E-state index in [1.807, 2.05) is 0 Å². The molecule has 0 fully saturated rings. The molecule has 1 aromatic carbocycles. The SMILES string of the molecule is O=C(O)N[C@@H]1CCc2cccc(F)c2[C@@H]1O. The fraction of sp³-hybridized carbons (Fsp3) is 0.364. The number of aryl methyl sites for hydroxylation is 1. The summed E-state index contributed by atoms with van der Waals surface area (Å²) in [7, 11) is 0. The van der Waals surface area contributed by atoms with Crippen LogP contribution >= 0.6 is 0 Å². The van der Waals surface area contributed by atoms with Gasteiger partial charge in [0.1, 0.15) is 11.9 Å². The summed E-state index contributed by atoms with van der Waals surface area (Å²) in [5, 5.41) is 20.7. The molecule has 1 aliphatic carbocycles. The second kappa shape index (κ2) is 4.09. The average Bonchev–Trinajstić information content (AvgIpc) is 2.22. The number of fused-ring (bicyclic) bond motifs is 1. The molecule has 0 bridgehead atoms. The fourth-order valence-corrected chi connectivity index (χ4v) is 2.11. The first-order chi connectivity index (χ1) is 7.59. The van der Waals surface area contributed by atoms with Gasteiger partial charge in [0.05, 0.1) is 6.04 Å². The molecule has 3 N–H and O–H groups in total. The molecule has 0 aliphatic heterocycles. The second-order valence-electron chi connectivity index (χ2n) is 3.85. The highest BCUT2D eigenvalue weighted by atomic mass is 19.1. The number of carboxylic acid groups (broad SMARTS) is 1. The Morgan fingerprint density at radius 1 is 1.50 bits per heavy atom. The number of rotatable bonds is 1. The highest BCUT2D eigenvalue weighted by Crippen LogP contribution is 2.31. The van der Waals surface area contributed by atoms with Gasteiger partial charge in [0.2, 0.25) is 0 Å². The highest BCUT2D eigenvalue weighted by Gasteiger charge is 2.31. The van der Waals surface area contributed by atoms with Crippen LogP contribution in [0.2, 0.25) is 0 Å². The minimum Gasteiger partial charge on any atom is -0.465 e. The van der Waals surface area contributed by atoms with Crippen molar-refractivity contribution in [1.29, 1.82) is 0 Å². The Labute approximate surface area is 91.7 Å². The van der Waals surface area contributed by atoms with Crippen LogP contribution in [0.4, 0.5) is 9.18 Å². The van der Waals surface area contributed by atoms with Gasteiger partial charge < -0.3 is 15.5 Å². The van der Waals surface area contributed by atoms with Crippen LogP contribution in [0.3, 0.4) is 0 Å². The molecule has 0 aromatic heterocycles. The monoisotopic (exact) mass is 225 g/mol. The molecule has 0 saturated carbocycles. The summed E-state index contributed by atoms with van der Waals surface area (Å²) < 4.78 is 13.5. The van der Waals surface area contributed by atoms with Crippen LogP contribution in [0.1, 0.15) is 23.7 Å². The first kappa shape index (κ1) is 10.9. The minimum absolute atomic E-state index is 0.215. The summed E-state index contributed by atoms with van der Waals surface area (Å²) in [4.78, 5) is 10.5. The van der Waals surface area contributed by atoms with Crippen molar-refractivity contribution in [2.45, 2.75) is 25.0 Å². The van der Waals surface area contributed by atoms with Crippen molar-refractivity contribution in [3.63, 3.8) is 0 Å². The molecule has 2 rings (SSSR count). The maximum absolute atomic E-state index is 13.5. The molecular formula is C11H12FNO3. The number of halogens is 1. The predicted octanol–water partition coefficient (Wildman–Crippen LogP) is 1.44. The molecule has 1 aromatic rings. The van der Waals surface area contributed by atoms with Gasteiger partial charge in [-0.3, -0.25) is 0 Å². The lowest BCUT2D eigenvalue weighted by atomic mass is 9.85. The first-order valence-electron chi connectivity index (χ1n) is 5.04. The van der Waals surface area contributed by atoms with Crippen molar-refractivity contribution >= 4 is 6.09 Å². The molecule has 16 heavy (non-hydrogen) atoms. The lowest BCUT2D eigenvalue weighted by Crippen LogP contribution is -2.41. The number of nitrogens with one attached hydrogen (secondary N) is 1. The fourth-order valence-electron chi connectivity index (χ4n) is 2.11. The quantitative estimate of drug-likeness (QED) is 0.677. The summed E-state index contributed by atoms with van der Waals surface area (Å²) in [5.74, 6) is -0.484. The number of aliphatic hydroxyl groups excluding tert-OH is 1. The van der Waals surface area contributed by atoms with Gasteiger partial charge in [-0.25, -0.2) is 9.18 Å². The molecule has 4 nitrogen and oxygen atoms in total. The Kier molecular flexibility index (Phi) is 2.78. The van der Waals surface area contributed by atoms with E-state index in [1.165, 1.54) is 6.07 Å². The van der Waals surface area contributed by atoms with Crippen LogP contribution in [0, 0.1) is 5.82 Å². The van der Waals surface area contributed by atoms with E-state index in [9.17, 15) is 14.3 Å². The van der Waals surface area contributed by atoms with Crippen LogP contribution in [-0.4, -0.2) is 22.3 Å².